The van der Waals surface area contributed by atoms with Crippen molar-refractivity contribution in [2.24, 2.45) is 0 Å². The van der Waals surface area contributed by atoms with Gasteiger partial charge in [0.15, 0.2) is 0 Å². The Balaban J connectivity index is 2.19. The molecular weight excluding hydrogens is 300 g/mol. The number of sulfonamides is 1. The van der Waals surface area contributed by atoms with E-state index in [1.807, 2.05) is 0 Å². The minimum Gasteiger partial charge on any atom is -0.326 e. The summed E-state index contributed by atoms with van der Waals surface area (Å²) in [6.45, 7) is 2.25. The lowest BCUT2D eigenvalue weighted by molar-refractivity contribution is -0.114. The van der Waals surface area contributed by atoms with E-state index in [1.165, 1.54) is 23.4 Å². The smallest absolute Gasteiger partial charge is 0.243 e. The molecule has 1 heterocycles. The number of alkyl halides is 1. The van der Waals surface area contributed by atoms with Crippen molar-refractivity contribution in [3.8, 4) is 0 Å². The number of nitrogens with zero attached hydrogens (tertiary/aromatic N) is 1. The number of carbonyl (C=O) groups excluding carboxylic acids is 1. The lowest BCUT2D eigenvalue weighted by Gasteiger charge is -2.28. The first kappa shape index (κ1) is 15.3. The Morgan fingerprint density at radius 1 is 1.35 bits per heavy atom. The van der Waals surface area contributed by atoms with Crippen LogP contribution < -0.4 is 5.32 Å². The van der Waals surface area contributed by atoms with Crippen molar-refractivity contribution in [3.63, 3.8) is 0 Å². The van der Waals surface area contributed by atoms with Gasteiger partial charge in [0.05, 0.1) is 4.90 Å². The van der Waals surface area contributed by atoms with Crippen molar-refractivity contribution >= 4 is 33.2 Å². The number of anilines is 1. The number of rotatable bonds is 3. The van der Waals surface area contributed by atoms with Gasteiger partial charge in [0.25, 0.3) is 0 Å². The molecule has 0 aliphatic carbocycles. The van der Waals surface area contributed by atoms with Crippen LogP contribution in [0.4, 0.5) is 5.69 Å². The van der Waals surface area contributed by atoms with Gasteiger partial charge in [-0.3, -0.25) is 4.79 Å². The van der Waals surface area contributed by atoms with Gasteiger partial charge in [-0.15, -0.1) is 11.6 Å². The van der Waals surface area contributed by atoms with Crippen LogP contribution in [0.5, 0.6) is 0 Å². The molecule has 7 heteroatoms. The summed E-state index contributed by atoms with van der Waals surface area (Å²) < 4.78 is 26.3. The van der Waals surface area contributed by atoms with Crippen LogP contribution in [0.1, 0.15) is 19.8 Å². The zero-order valence-electron chi connectivity index (χ0n) is 11.2. The Morgan fingerprint density at radius 3 is 2.55 bits per heavy atom. The molecule has 0 bridgehead atoms. The van der Waals surface area contributed by atoms with Gasteiger partial charge >= 0.3 is 0 Å². The molecule has 1 aromatic carbocycles. The zero-order chi connectivity index (χ0) is 14.8. The van der Waals surface area contributed by atoms with Crippen LogP contribution in [-0.4, -0.2) is 37.1 Å². The first-order valence-corrected chi connectivity index (χ1v) is 8.29. The zero-order valence-corrected chi connectivity index (χ0v) is 12.7. The lowest BCUT2D eigenvalue weighted by Crippen LogP contribution is -2.40. The summed E-state index contributed by atoms with van der Waals surface area (Å²) in [6.07, 6.45) is 1.62. The Bertz CT molecular complexity index is 586. The number of piperidine rings is 1. The summed E-state index contributed by atoms with van der Waals surface area (Å²) in [6, 6.07) is 6.16. The molecule has 1 aliphatic rings. The number of hydrogen-bond acceptors (Lipinski definition) is 3. The van der Waals surface area contributed by atoms with Gasteiger partial charge in [-0.2, -0.15) is 4.31 Å². The molecule has 2 rings (SSSR count). The maximum absolute atomic E-state index is 12.4. The van der Waals surface area contributed by atoms with E-state index < -0.39 is 10.0 Å². The number of nitrogens with one attached hydrogen (secondary N) is 1. The summed E-state index contributed by atoms with van der Waals surface area (Å²) in [7, 11) is -3.50. The molecule has 1 amide bonds. The van der Waals surface area contributed by atoms with Crippen LogP contribution in [0.25, 0.3) is 0 Å². The molecule has 20 heavy (non-hydrogen) atoms. The number of hydrogen-bond donors (Lipinski definition) is 1. The van der Waals surface area contributed by atoms with Crippen LogP contribution in [-0.2, 0) is 14.8 Å². The summed E-state index contributed by atoms with van der Waals surface area (Å²) in [4.78, 5) is 11.1. The highest BCUT2D eigenvalue weighted by atomic mass is 35.5. The largest absolute Gasteiger partial charge is 0.326 e. The van der Waals surface area contributed by atoms with E-state index in [-0.39, 0.29) is 16.2 Å². The van der Waals surface area contributed by atoms with Crippen LogP contribution in [0.15, 0.2) is 29.2 Å². The third kappa shape index (κ3) is 3.50. The third-order valence-electron chi connectivity index (χ3n) is 3.14. The second kappa shape index (κ2) is 6.11. The van der Waals surface area contributed by atoms with Crippen LogP contribution in [0, 0.1) is 0 Å². The van der Waals surface area contributed by atoms with Gasteiger partial charge in [-0.1, -0.05) is 0 Å². The fourth-order valence-electron chi connectivity index (χ4n) is 2.17. The second-order valence-corrected chi connectivity index (χ2v) is 7.36. The average molecular weight is 317 g/mol. The molecular formula is C13H17ClN2O3S. The van der Waals surface area contributed by atoms with Crippen molar-refractivity contribution in [1.82, 2.24) is 4.31 Å². The number of amides is 1. The van der Waals surface area contributed by atoms with E-state index in [0.717, 1.165) is 12.8 Å². The molecule has 1 saturated heterocycles. The molecule has 110 valence electrons. The van der Waals surface area contributed by atoms with Gasteiger partial charge in [0, 0.05) is 31.1 Å². The molecule has 1 aliphatic heterocycles. The standard InChI is InChI=1S/C13H17ClN2O3S/c1-10(17)15-12-4-6-13(7-5-12)20(18,19)16-8-2-3-11(14)9-16/h4-7,11H,2-3,8-9H2,1H3,(H,15,17). The van der Waals surface area contributed by atoms with E-state index in [2.05, 4.69) is 5.32 Å². The molecule has 0 radical (unpaired) electrons. The average Bonchev–Trinajstić information content (AvgIpc) is 2.38. The predicted octanol–water partition coefficient (Wildman–Crippen LogP) is 2.04. The Kier molecular flexibility index (Phi) is 4.67. The Labute approximate surface area is 124 Å². The molecule has 1 aromatic rings. The molecule has 5 nitrogen and oxygen atoms in total. The SMILES string of the molecule is CC(=O)Nc1ccc(S(=O)(=O)N2CCCC(Cl)C2)cc1. The lowest BCUT2D eigenvalue weighted by atomic mass is 10.2. The molecule has 0 saturated carbocycles. The highest BCUT2D eigenvalue weighted by Crippen LogP contribution is 2.23. The van der Waals surface area contributed by atoms with Gasteiger partial charge < -0.3 is 5.32 Å². The molecule has 1 unspecified atom stereocenters. The minimum absolute atomic E-state index is 0.128. The first-order valence-electron chi connectivity index (χ1n) is 6.41. The highest BCUT2D eigenvalue weighted by Gasteiger charge is 2.29. The summed E-state index contributed by atoms with van der Waals surface area (Å²) in [5, 5.41) is 2.47. The van der Waals surface area contributed by atoms with Crippen molar-refractivity contribution in [2.45, 2.75) is 30.0 Å². The highest BCUT2D eigenvalue weighted by molar-refractivity contribution is 7.89. The predicted molar refractivity (Wildman–Crippen MR) is 78.4 cm³/mol. The maximum Gasteiger partial charge on any atom is 0.243 e. The van der Waals surface area contributed by atoms with E-state index >= 15 is 0 Å². The summed E-state index contributed by atoms with van der Waals surface area (Å²) in [5.74, 6) is -0.193. The topological polar surface area (TPSA) is 66.5 Å². The van der Waals surface area contributed by atoms with Gasteiger partial charge in [0.1, 0.15) is 0 Å². The quantitative estimate of drug-likeness (QED) is 0.868. The van der Waals surface area contributed by atoms with Gasteiger partial charge in [-0.05, 0) is 37.1 Å². The van der Waals surface area contributed by atoms with Gasteiger partial charge in [0.2, 0.25) is 15.9 Å². The normalized spacial score (nSPS) is 20.6. The van der Waals surface area contributed by atoms with Crippen LogP contribution in [0.3, 0.4) is 0 Å². The first-order chi connectivity index (χ1) is 9.39. The number of halogens is 1. The van der Waals surface area contributed by atoms with Crippen molar-refractivity contribution in [3.05, 3.63) is 24.3 Å². The maximum atomic E-state index is 12.4. The fourth-order valence-corrected chi connectivity index (χ4v) is 4.10. The summed E-state index contributed by atoms with van der Waals surface area (Å²) in [5.41, 5.74) is 0.574. The Hall–Kier alpha value is -1.11. The monoisotopic (exact) mass is 316 g/mol. The van der Waals surface area contributed by atoms with Crippen LogP contribution >= 0.6 is 11.6 Å². The minimum atomic E-state index is -3.50. The van der Waals surface area contributed by atoms with Gasteiger partial charge in [-0.25, -0.2) is 8.42 Å². The van der Waals surface area contributed by atoms with E-state index in [1.54, 1.807) is 12.1 Å². The number of carbonyl (C=O) groups is 1. The molecule has 1 fully saturated rings. The molecule has 0 aromatic heterocycles. The van der Waals surface area contributed by atoms with Crippen LogP contribution in [0.2, 0.25) is 0 Å². The molecule has 1 N–H and O–H groups in total. The van der Waals surface area contributed by atoms with Crippen molar-refractivity contribution in [1.29, 1.82) is 0 Å². The van der Waals surface area contributed by atoms with Crippen molar-refractivity contribution < 1.29 is 13.2 Å². The van der Waals surface area contributed by atoms with E-state index in [4.69, 9.17) is 11.6 Å². The fraction of sp³-hybridized carbons (Fsp3) is 0.462. The molecule has 1 atom stereocenters. The molecule has 0 spiro atoms. The van der Waals surface area contributed by atoms with E-state index in [0.29, 0.717) is 18.8 Å². The Morgan fingerprint density at radius 2 is 2.00 bits per heavy atom. The van der Waals surface area contributed by atoms with E-state index in [9.17, 15) is 13.2 Å². The summed E-state index contributed by atoms with van der Waals surface area (Å²) >= 11 is 6.03. The van der Waals surface area contributed by atoms with Crippen molar-refractivity contribution in [2.75, 3.05) is 18.4 Å². The number of benzene rings is 1. The third-order valence-corrected chi connectivity index (χ3v) is 5.37. The second-order valence-electron chi connectivity index (χ2n) is 4.81.